The number of nitrogens with zero attached hydrogens (tertiary/aromatic N) is 1. The number of nitrogens with one attached hydrogen (secondary N) is 1. The molecule has 0 amide bonds. The molecule has 1 aromatic carbocycles. The number of hydrogen-bond donors (Lipinski definition) is 1. The van der Waals surface area contributed by atoms with E-state index in [-0.39, 0.29) is 0 Å². The number of unbranched alkanes of at least 4 members (excludes halogenated alkanes) is 1. The minimum atomic E-state index is 1.01. The Labute approximate surface area is 172 Å². The maximum absolute atomic E-state index is 5.43. The van der Waals surface area contributed by atoms with Crippen LogP contribution in [0.3, 0.4) is 0 Å². The van der Waals surface area contributed by atoms with Crippen molar-refractivity contribution < 1.29 is 4.52 Å². The van der Waals surface area contributed by atoms with Crippen LogP contribution in [0.25, 0.3) is 5.57 Å². The summed E-state index contributed by atoms with van der Waals surface area (Å²) >= 11 is 0. The molecule has 0 spiro atoms. The Balaban J connectivity index is 0.000000161. The predicted molar refractivity (Wildman–Crippen MR) is 122 cm³/mol. The Bertz CT molecular complexity index is 794. The van der Waals surface area contributed by atoms with E-state index in [2.05, 4.69) is 57.8 Å². The first-order valence-corrected chi connectivity index (χ1v) is 11.5. The molecule has 0 fully saturated rings. The third-order valence-electron chi connectivity index (χ3n) is 5.67. The second-order valence-corrected chi connectivity index (χ2v) is 8.59. The topological polar surface area (TPSA) is 38.1 Å². The molecule has 2 aromatic rings. The number of fused-ring (bicyclic) bond motifs is 1. The van der Waals surface area contributed by atoms with Gasteiger partial charge in [-0.1, -0.05) is 54.8 Å². The van der Waals surface area contributed by atoms with Crippen LogP contribution >= 0.6 is 9.24 Å². The molecule has 2 aliphatic rings. The highest BCUT2D eigenvalue weighted by molar-refractivity contribution is 7.27. The van der Waals surface area contributed by atoms with E-state index in [1.807, 2.05) is 0 Å². The number of rotatable bonds is 4. The third kappa shape index (κ3) is 5.78. The van der Waals surface area contributed by atoms with Gasteiger partial charge in [0.15, 0.2) is 0 Å². The van der Waals surface area contributed by atoms with E-state index in [1.54, 1.807) is 0 Å². The van der Waals surface area contributed by atoms with Gasteiger partial charge in [0.05, 0.1) is 5.69 Å². The summed E-state index contributed by atoms with van der Waals surface area (Å²) in [5, 5.41) is 8.84. The van der Waals surface area contributed by atoms with Gasteiger partial charge in [-0.15, -0.1) is 9.24 Å². The first kappa shape index (κ1) is 21.3. The number of aryl methyl sites for hydroxylation is 3. The molecule has 1 unspecified atom stereocenters. The Morgan fingerprint density at radius 3 is 2.75 bits per heavy atom. The number of aromatic nitrogens is 1. The lowest BCUT2D eigenvalue weighted by Crippen LogP contribution is -2.21. The van der Waals surface area contributed by atoms with Crippen LogP contribution in [0.5, 0.6) is 0 Å². The summed E-state index contributed by atoms with van der Waals surface area (Å²) in [7, 11) is 2.83. The van der Waals surface area contributed by atoms with Crippen molar-refractivity contribution in [2.75, 3.05) is 13.1 Å². The highest BCUT2D eigenvalue weighted by Gasteiger charge is 2.17. The van der Waals surface area contributed by atoms with Crippen molar-refractivity contribution >= 4 is 20.1 Å². The van der Waals surface area contributed by atoms with E-state index < -0.39 is 0 Å². The fraction of sp³-hybridized carbons (Fsp3) is 0.542. The van der Waals surface area contributed by atoms with Gasteiger partial charge in [0.2, 0.25) is 0 Å². The Hall–Kier alpha value is -1.44. The lowest BCUT2D eigenvalue weighted by Gasteiger charge is -2.16. The first-order valence-electron chi connectivity index (χ1n) is 10.9. The third-order valence-corrected chi connectivity index (χ3v) is 6.14. The largest absolute Gasteiger partial charge is 0.361 e. The predicted octanol–water partition coefficient (Wildman–Crippen LogP) is 5.16. The Kier molecular flexibility index (Phi) is 8.30. The van der Waals surface area contributed by atoms with Gasteiger partial charge in [0, 0.05) is 18.5 Å². The fourth-order valence-corrected chi connectivity index (χ4v) is 4.55. The average Bonchev–Trinajstić information content (AvgIpc) is 2.93. The van der Waals surface area contributed by atoms with Crippen molar-refractivity contribution in [3.8, 4) is 0 Å². The van der Waals surface area contributed by atoms with Crippen LogP contribution in [0, 0.1) is 6.92 Å². The fourth-order valence-electron chi connectivity index (χ4n) is 4.01. The van der Waals surface area contributed by atoms with E-state index in [0.29, 0.717) is 0 Å². The van der Waals surface area contributed by atoms with Gasteiger partial charge in [0.1, 0.15) is 5.76 Å². The van der Waals surface area contributed by atoms with Gasteiger partial charge in [0.25, 0.3) is 0 Å². The van der Waals surface area contributed by atoms with Crippen molar-refractivity contribution in [3.05, 3.63) is 52.4 Å². The van der Waals surface area contributed by atoms with Gasteiger partial charge in [-0.2, -0.15) is 0 Å². The SMILES string of the molecule is CCCCc1onc2c1CCCCC2.Cc1ccc(C2=CCNCC2)c(P)c1. The molecule has 0 saturated heterocycles. The highest BCUT2D eigenvalue weighted by Crippen LogP contribution is 2.24. The molecule has 28 heavy (non-hydrogen) atoms. The van der Waals surface area contributed by atoms with Gasteiger partial charge in [-0.3, -0.25) is 0 Å². The molecule has 3 nitrogen and oxygen atoms in total. The van der Waals surface area contributed by atoms with Crippen LogP contribution in [-0.4, -0.2) is 18.2 Å². The first-order chi connectivity index (χ1) is 13.7. The summed E-state index contributed by atoms with van der Waals surface area (Å²) < 4.78 is 5.43. The summed E-state index contributed by atoms with van der Waals surface area (Å²) in [6.07, 6.45) is 13.2. The highest BCUT2D eigenvalue weighted by atomic mass is 31.0. The lowest BCUT2D eigenvalue weighted by molar-refractivity contribution is 0.371. The molecule has 0 saturated carbocycles. The lowest BCUT2D eigenvalue weighted by atomic mass is 9.99. The molecule has 1 aromatic heterocycles. The van der Waals surface area contributed by atoms with Crippen LogP contribution in [0.2, 0.25) is 0 Å². The summed E-state index contributed by atoms with van der Waals surface area (Å²) in [6.45, 7) is 6.46. The van der Waals surface area contributed by atoms with Crippen molar-refractivity contribution in [2.24, 2.45) is 0 Å². The Morgan fingerprint density at radius 2 is 2.00 bits per heavy atom. The molecule has 0 radical (unpaired) electrons. The van der Waals surface area contributed by atoms with E-state index in [4.69, 9.17) is 4.52 Å². The van der Waals surface area contributed by atoms with E-state index in [0.717, 1.165) is 32.4 Å². The van der Waals surface area contributed by atoms with Crippen molar-refractivity contribution in [1.29, 1.82) is 0 Å². The minimum absolute atomic E-state index is 1.01. The second kappa shape index (κ2) is 10.9. The van der Waals surface area contributed by atoms with Crippen LogP contribution < -0.4 is 10.6 Å². The maximum Gasteiger partial charge on any atom is 0.140 e. The van der Waals surface area contributed by atoms with Gasteiger partial charge in [-0.05, 0) is 68.4 Å². The molecule has 2 heterocycles. The maximum atomic E-state index is 5.43. The summed E-state index contributed by atoms with van der Waals surface area (Å²) in [4.78, 5) is 0. The summed E-state index contributed by atoms with van der Waals surface area (Å²) in [5.41, 5.74) is 6.88. The van der Waals surface area contributed by atoms with E-state index in [1.165, 1.54) is 77.5 Å². The molecular formula is C24H35N2OP. The number of benzene rings is 1. The van der Waals surface area contributed by atoms with Gasteiger partial charge >= 0.3 is 0 Å². The van der Waals surface area contributed by atoms with E-state index >= 15 is 0 Å². The molecule has 1 atom stereocenters. The average molecular weight is 399 g/mol. The monoisotopic (exact) mass is 398 g/mol. The molecule has 1 aliphatic carbocycles. The van der Waals surface area contributed by atoms with Crippen molar-refractivity contribution in [3.63, 3.8) is 0 Å². The molecule has 4 heteroatoms. The van der Waals surface area contributed by atoms with Crippen molar-refractivity contribution in [1.82, 2.24) is 10.5 Å². The summed E-state index contributed by atoms with van der Waals surface area (Å²) in [5.74, 6) is 1.17. The van der Waals surface area contributed by atoms with Gasteiger partial charge < -0.3 is 9.84 Å². The van der Waals surface area contributed by atoms with Crippen molar-refractivity contribution in [2.45, 2.75) is 71.6 Å². The molecule has 152 valence electrons. The molecule has 1 aliphatic heterocycles. The van der Waals surface area contributed by atoms with Crippen LogP contribution in [-0.2, 0) is 19.3 Å². The molecular weight excluding hydrogens is 363 g/mol. The zero-order valence-electron chi connectivity index (χ0n) is 17.5. The smallest absolute Gasteiger partial charge is 0.140 e. The Morgan fingerprint density at radius 1 is 1.14 bits per heavy atom. The number of hydrogen-bond acceptors (Lipinski definition) is 3. The quantitative estimate of drug-likeness (QED) is 0.571. The second-order valence-electron chi connectivity index (χ2n) is 7.97. The minimum Gasteiger partial charge on any atom is -0.361 e. The van der Waals surface area contributed by atoms with Gasteiger partial charge in [-0.25, -0.2) is 0 Å². The normalized spacial score (nSPS) is 16.5. The van der Waals surface area contributed by atoms with Crippen LogP contribution in [0.1, 0.15) is 73.6 Å². The molecule has 0 bridgehead atoms. The molecule has 4 rings (SSSR count). The summed E-state index contributed by atoms with van der Waals surface area (Å²) in [6, 6.07) is 6.64. The van der Waals surface area contributed by atoms with Crippen LogP contribution in [0.15, 0.2) is 28.8 Å². The zero-order valence-corrected chi connectivity index (χ0v) is 18.7. The van der Waals surface area contributed by atoms with Crippen LogP contribution in [0.4, 0.5) is 0 Å². The van der Waals surface area contributed by atoms with E-state index in [9.17, 15) is 0 Å². The standard InChI is InChI=1S/C12H19NO.C12H16NP/c1-2-3-9-12-10-7-5-4-6-8-11(10)13-14-12;1-9-2-3-11(12(14)8-9)10-4-6-13-7-5-10/h2-9H2,1H3;2-4,8,13H,5-7,14H2,1H3. The zero-order chi connectivity index (χ0) is 19.8. The molecule has 1 N–H and O–H groups in total.